The average molecular weight is 175 g/mol. The molecule has 1 aromatic rings. The fourth-order valence-corrected chi connectivity index (χ4v) is 0.929. The van der Waals surface area contributed by atoms with E-state index in [1.807, 2.05) is 37.3 Å². The molecule has 0 aromatic heterocycles. The van der Waals surface area contributed by atoms with E-state index in [2.05, 4.69) is 4.85 Å². The molecule has 0 spiro atoms. The molecule has 1 atom stereocenters. The van der Waals surface area contributed by atoms with E-state index in [-0.39, 0.29) is 6.04 Å². The second-order valence-electron chi connectivity index (χ2n) is 2.93. The van der Waals surface area contributed by atoms with E-state index in [1.165, 1.54) is 0 Å². The summed E-state index contributed by atoms with van der Waals surface area (Å²) in [5, 5.41) is 0. The van der Waals surface area contributed by atoms with Gasteiger partial charge in [-0.2, -0.15) is 0 Å². The first-order chi connectivity index (χ1) is 6.33. The normalized spacial score (nSPS) is 11.7. The van der Waals surface area contributed by atoms with Crippen LogP contribution in [0.15, 0.2) is 30.3 Å². The summed E-state index contributed by atoms with van der Waals surface area (Å²) in [6.45, 7) is 9.28. The molecule has 0 radical (unpaired) electrons. The standard InChI is InChI=1S/C11H13NO/c1-10(12-2)8-9-13-11-6-4-3-5-7-11/h3-7,10H,8-9H2,1H3. The number of rotatable bonds is 4. The fourth-order valence-electron chi connectivity index (χ4n) is 0.929. The summed E-state index contributed by atoms with van der Waals surface area (Å²) in [4.78, 5) is 3.39. The SMILES string of the molecule is [C-]#[N+]C(C)CCOc1ccccc1. The van der Waals surface area contributed by atoms with Crippen molar-refractivity contribution in [1.29, 1.82) is 0 Å². The molecule has 1 aromatic carbocycles. The second kappa shape index (κ2) is 5.21. The lowest BCUT2D eigenvalue weighted by Gasteiger charge is -2.04. The first-order valence-corrected chi connectivity index (χ1v) is 4.37. The van der Waals surface area contributed by atoms with Crippen LogP contribution in [0.2, 0.25) is 0 Å². The van der Waals surface area contributed by atoms with Crippen LogP contribution in [0.5, 0.6) is 5.75 Å². The zero-order valence-corrected chi connectivity index (χ0v) is 7.73. The van der Waals surface area contributed by atoms with Crippen LogP contribution in [-0.4, -0.2) is 12.6 Å². The molecule has 2 heteroatoms. The highest BCUT2D eigenvalue weighted by molar-refractivity contribution is 5.20. The summed E-state index contributed by atoms with van der Waals surface area (Å²) in [5.41, 5.74) is 0. The molecule has 0 aliphatic heterocycles. The molecule has 1 rings (SSSR count). The maximum Gasteiger partial charge on any atom is 0.224 e. The Morgan fingerprint density at radius 2 is 2.08 bits per heavy atom. The first-order valence-electron chi connectivity index (χ1n) is 4.37. The van der Waals surface area contributed by atoms with Gasteiger partial charge in [0.25, 0.3) is 0 Å². The Labute approximate surface area is 79.0 Å². The van der Waals surface area contributed by atoms with E-state index in [0.29, 0.717) is 6.61 Å². The smallest absolute Gasteiger partial charge is 0.224 e. The Bertz CT molecular complexity index is 276. The highest BCUT2D eigenvalue weighted by Crippen LogP contribution is 2.09. The van der Waals surface area contributed by atoms with Crippen molar-refractivity contribution in [3.05, 3.63) is 41.7 Å². The third-order valence-corrected chi connectivity index (χ3v) is 1.77. The number of nitrogens with zero attached hydrogens (tertiary/aromatic N) is 1. The predicted molar refractivity (Wildman–Crippen MR) is 52.6 cm³/mol. The van der Waals surface area contributed by atoms with Gasteiger partial charge in [-0.05, 0) is 12.1 Å². The first kappa shape index (κ1) is 9.60. The quantitative estimate of drug-likeness (QED) is 0.641. The minimum atomic E-state index is 0.0590. The minimum Gasteiger partial charge on any atom is -0.493 e. The van der Waals surface area contributed by atoms with Gasteiger partial charge in [-0.3, -0.25) is 0 Å². The lowest BCUT2D eigenvalue weighted by Crippen LogP contribution is -2.04. The van der Waals surface area contributed by atoms with E-state index >= 15 is 0 Å². The van der Waals surface area contributed by atoms with Gasteiger partial charge in [-0.1, -0.05) is 18.2 Å². The number of benzene rings is 1. The van der Waals surface area contributed by atoms with Crippen molar-refractivity contribution in [1.82, 2.24) is 0 Å². The van der Waals surface area contributed by atoms with Gasteiger partial charge in [-0.25, -0.2) is 6.57 Å². The molecule has 0 aliphatic carbocycles. The summed E-state index contributed by atoms with van der Waals surface area (Å²) in [6.07, 6.45) is 0.790. The average Bonchev–Trinajstić information content (AvgIpc) is 2.19. The van der Waals surface area contributed by atoms with Gasteiger partial charge < -0.3 is 9.58 Å². The molecule has 0 N–H and O–H groups in total. The van der Waals surface area contributed by atoms with Crippen LogP contribution in [0.4, 0.5) is 0 Å². The Kier molecular flexibility index (Phi) is 3.84. The summed E-state index contributed by atoms with van der Waals surface area (Å²) in [5.74, 6) is 0.875. The van der Waals surface area contributed by atoms with E-state index in [9.17, 15) is 0 Å². The second-order valence-corrected chi connectivity index (χ2v) is 2.93. The van der Waals surface area contributed by atoms with Crippen molar-refractivity contribution in [2.45, 2.75) is 19.4 Å². The zero-order valence-electron chi connectivity index (χ0n) is 7.73. The Morgan fingerprint density at radius 3 is 2.69 bits per heavy atom. The molecule has 1 unspecified atom stereocenters. The number of para-hydroxylation sites is 1. The van der Waals surface area contributed by atoms with Crippen LogP contribution in [0.1, 0.15) is 13.3 Å². The number of hydrogen-bond donors (Lipinski definition) is 0. The predicted octanol–water partition coefficient (Wildman–Crippen LogP) is 2.76. The van der Waals surface area contributed by atoms with Gasteiger partial charge in [-0.15, -0.1) is 0 Å². The van der Waals surface area contributed by atoms with Crippen molar-refractivity contribution >= 4 is 0 Å². The third kappa shape index (κ3) is 3.62. The van der Waals surface area contributed by atoms with Gasteiger partial charge in [0.15, 0.2) is 0 Å². The number of hydrogen-bond acceptors (Lipinski definition) is 1. The lowest BCUT2D eigenvalue weighted by molar-refractivity contribution is 0.306. The van der Waals surface area contributed by atoms with E-state index in [1.54, 1.807) is 0 Å². The van der Waals surface area contributed by atoms with Crippen LogP contribution < -0.4 is 4.74 Å². The van der Waals surface area contributed by atoms with Crippen LogP contribution in [0.25, 0.3) is 4.85 Å². The van der Waals surface area contributed by atoms with E-state index in [4.69, 9.17) is 11.3 Å². The molecule has 13 heavy (non-hydrogen) atoms. The van der Waals surface area contributed by atoms with Crippen molar-refractivity contribution in [3.8, 4) is 5.75 Å². The summed E-state index contributed by atoms with van der Waals surface area (Å²) < 4.78 is 5.44. The van der Waals surface area contributed by atoms with Crippen LogP contribution in [0, 0.1) is 6.57 Å². The molecule has 0 heterocycles. The highest BCUT2D eigenvalue weighted by Gasteiger charge is 2.03. The Hall–Kier alpha value is -1.49. The van der Waals surface area contributed by atoms with Gasteiger partial charge >= 0.3 is 0 Å². The molecular weight excluding hydrogens is 162 g/mol. The van der Waals surface area contributed by atoms with Gasteiger partial charge in [0.1, 0.15) is 5.75 Å². The maximum absolute atomic E-state index is 6.76. The summed E-state index contributed by atoms with van der Waals surface area (Å²) in [7, 11) is 0. The Balaban J connectivity index is 2.25. The minimum absolute atomic E-state index is 0.0590. The van der Waals surface area contributed by atoms with Crippen LogP contribution in [0.3, 0.4) is 0 Å². The van der Waals surface area contributed by atoms with E-state index < -0.39 is 0 Å². The van der Waals surface area contributed by atoms with Crippen molar-refractivity contribution in [2.75, 3.05) is 6.61 Å². The monoisotopic (exact) mass is 175 g/mol. The van der Waals surface area contributed by atoms with E-state index in [0.717, 1.165) is 12.2 Å². The molecule has 2 nitrogen and oxygen atoms in total. The molecular formula is C11H13NO. The molecule has 0 fully saturated rings. The van der Waals surface area contributed by atoms with Crippen molar-refractivity contribution < 1.29 is 4.74 Å². The zero-order chi connectivity index (χ0) is 9.52. The van der Waals surface area contributed by atoms with Crippen molar-refractivity contribution in [3.63, 3.8) is 0 Å². The molecule has 0 saturated carbocycles. The lowest BCUT2D eigenvalue weighted by atomic mass is 10.3. The molecule has 0 saturated heterocycles. The highest BCUT2D eigenvalue weighted by atomic mass is 16.5. The van der Waals surface area contributed by atoms with Crippen molar-refractivity contribution in [2.24, 2.45) is 0 Å². The molecule has 0 aliphatic rings. The maximum atomic E-state index is 6.76. The van der Waals surface area contributed by atoms with Gasteiger partial charge in [0.05, 0.1) is 13.0 Å². The summed E-state index contributed by atoms with van der Waals surface area (Å²) >= 11 is 0. The van der Waals surface area contributed by atoms with Gasteiger partial charge in [0.2, 0.25) is 6.04 Å². The largest absolute Gasteiger partial charge is 0.493 e. The van der Waals surface area contributed by atoms with Crippen LogP contribution >= 0.6 is 0 Å². The topological polar surface area (TPSA) is 13.6 Å². The summed E-state index contributed by atoms with van der Waals surface area (Å²) in [6, 6.07) is 9.73. The van der Waals surface area contributed by atoms with Gasteiger partial charge in [0, 0.05) is 6.92 Å². The third-order valence-electron chi connectivity index (χ3n) is 1.77. The van der Waals surface area contributed by atoms with Crippen LogP contribution in [-0.2, 0) is 0 Å². The fraction of sp³-hybridized carbons (Fsp3) is 0.364. The number of ether oxygens (including phenoxy) is 1. The molecule has 68 valence electrons. The Morgan fingerprint density at radius 1 is 1.38 bits per heavy atom. The molecule has 0 bridgehead atoms. The molecule has 0 amide bonds.